The van der Waals surface area contributed by atoms with Crippen LogP contribution in [0.15, 0.2) is 24.3 Å². The fraction of sp³-hybridized carbons (Fsp3) is 0.462. The van der Waals surface area contributed by atoms with Crippen molar-refractivity contribution in [3.63, 3.8) is 0 Å². The van der Waals surface area contributed by atoms with Gasteiger partial charge < -0.3 is 9.84 Å². The van der Waals surface area contributed by atoms with Gasteiger partial charge in [0.1, 0.15) is 5.75 Å². The van der Waals surface area contributed by atoms with Crippen LogP contribution in [0.1, 0.15) is 30.9 Å². The summed E-state index contributed by atoms with van der Waals surface area (Å²) in [5, 5.41) is 19.2. The highest BCUT2D eigenvalue weighted by atomic mass is 19.4. The summed E-state index contributed by atoms with van der Waals surface area (Å²) in [6, 6.07) is 7.07. The molecule has 1 aliphatic rings. The Bertz CT molecular complexity index is 486. The molecule has 1 saturated carbocycles. The molecule has 0 aliphatic heterocycles. The highest BCUT2D eigenvalue weighted by molar-refractivity contribution is 5.31. The maximum absolute atomic E-state index is 12.0. The van der Waals surface area contributed by atoms with Gasteiger partial charge in [-0.25, -0.2) is 0 Å². The minimum atomic E-state index is -4.73. The van der Waals surface area contributed by atoms with Crippen LogP contribution in [0, 0.1) is 16.7 Å². The lowest BCUT2D eigenvalue weighted by molar-refractivity contribution is -0.274. The number of benzene rings is 1. The van der Waals surface area contributed by atoms with Gasteiger partial charge in [0, 0.05) is 0 Å². The predicted molar refractivity (Wildman–Crippen MR) is 60.0 cm³/mol. The van der Waals surface area contributed by atoms with E-state index in [1.54, 1.807) is 0 Å². The van der Waals surface area contributed by atoms with E-state index in [0.717, 1.165) is 18.6 Å². The first kappa shape index (κ1) is 13.7. The number of nitrogens with zero attached hydrogens (tertiary/aromatic N) is 1. The van der Waals surface area contributed by atoms with Gasteiger partial charge in [-0.15, -0.1) is 13.2 Å². The van der Waals surface area contributed by atoms with E-state index in [9.17, 15) is 18.3 Å². The van der Waals surface area contributed by atoms with Gasteiger partial charge in [0.2, 0.25) is 0 Å². The zero-order valence-electron chi connectivity index (χ0n) is 9.94. The second-order valence-electron chi connectivity index (χ2n) is 4.64. The lowest BCUT2D eigenvalue weighted by Crippen LogP contribution is -2.34. The van der Waals surface area contributed by atoms with E-state index in [0.29, 0.717) is 18.4 Å². The molecule has 0 heterocycles. The van der Waals surface area contributed by atoms with Crippen LogP contribution in [0.3, 0.4) is 0 Å². The first-order valence-electron chi connectivity index (χ1n) is 5.81. The van der Waals surface area contributed by atoms with Gasteiger partial charge >= 0.3 is 6.36 Å². The fourth-order valence-electron chi connectivity index (χ4n) is 2.17. The Labute approximate surface area is 108 Å². The average molecular weight is 271 g/mol. The minimum absolute atomic E-state index is 0.344. The molecule has 1 aliphatic carbocycles. The Balaban J connectivity index is 2.13. The molecule has 2 rings (SSSR count). The van der Waals surface area contributed by atoms with Gasteiger partial charge in [-0.05, 0) is 30.5 Å². The zero-order chi connectivity index (χ0) is 14.1. The van der Waals surface area contributed by atoms with E-state index in [-0.39, 0.29) is 5.75 Å². The summed E-state index contributed by atoms with van der Waals surface area (Å²) in [6.45, 7) is 0. The highest BCUT2D eigenvalue weighted by Gasteiger charge is 2.44. The number of rotatable bonds is 3. The summed E-state index contributed by atoms with van der Waals surface area (Å²) >= 11 is 0. The number of hydrogen-bond acceptors (Lipinski definition) is 3. The summed E-state index contributed by atoms with van der Waals surface area (Å²) < 4.78 is 39.7. The zero-order valence-corrected chi connectivity index (χ0v) is 9.94. The molecule has 1 aromatic rings. The molecule has 6 heteroatoms. The van der Waals surface area contributed by atoms with Crippen molar-refractivity contribution in [1.82, 2.24) is 0 Å². The van der Waals surface area contributed by atoms with Gasteiger partial charge in [-0.1, -0.05) is 18.6 Å². The van der Waals surface area contributed by atoms with Crippen LogP contribution in [-0.2, 0) is 0 Å². The molecule has 0 saturated heterocycles. The molecule has 0 amide bonds. The summed E-state index contributed by atoms with van der Waals surface area (Å²) in [5.41, 5.74) is -0.373. The van der Waals surface area contributed by atoms with Crippen molar-refractivity contribution >= 4 is 0 Å². The summed E-state index contributed by atoms with van der Waals surface area (Å²) in [7, 11) is 0. The quantitative estimate of drug-likeness (QED) is 0.917. The lowest BCUT2D eigenvalue weighted by atomic mass is 9.65. The number of aliphatic hydroxyl groups is 1. The van der Waals surface area contributed by atoms with E-state index in [4.69, 9.17) is 5.26 Å². The smallest absolute Gasteiger partial charge is 0.406 e. The molecular weight excluding hydrogens is 259 g/mol. The Morgan fingerprint density at radius 1 is 1.26 bits per heavy atom. The summed E-state index contributed by atoms with van der Waals surface area (Å²) in [5.74, 6) is -0.344. The van der Waals surface area contributed by atoms with Crippen LogP contribution >= 0.6 is 0 Å². The maximum atomic E-state index is 12.0. The van der Waals surface area contributed by atoms with E-state index in [1.165, 1.54) is 12.1 Å². The molecule has 1 fully saturated rings. The van der Waals surface area contributed by atoms with E-state index >= 15 is 0 Å². The van der Waals surface area contributed by atoms with Crippen molar-refractivity contribution in [1.29, 1.82) is 5.26 Å². The van der Waals surface area contributed by atoms with Crippen LogP contribution in [0.2, 0.25) is 0 Å². The third-order valence-electron chi connectivity index (χ3n) is 3.42. The van der Waals surface area contributed by atoms with E-state index in [2.05, 4.69) is 10.8 Å². The second kappa shape index (κ2) is 4.74. The van der Waals surface area contributed by atoms with Crippen molar-refractivity contribution in [3.05, 3.63) is 29.8 Å². The van der Waals surface area contributed by atoms with Gasteiger partial charge in [0.15, 0.2) is 0 Å². The third-order valence-corrected chi connectivity index (χ3v) is 3.42. The molecule has 0 bridgehead atoms. The Morgan fingerprint density at radius 2 is 1.84 bits per heavy atom. The predicted octanol–water partition coefficient (Wildman–Crippen LogP) is 3.31. The first-order valence-corrected chi connectivity index (χ1v) is 5.81. The minimum Gasteiger partial charge on any atom is -0.406 e. The van der Waals surface area contributed by atoms with E-state index in [1.807, 2.05) is 0 Å². The van der Waals surface area contributed by atoms with Gasteiger partial charge in [0.25, 0.3) is 0 Å². The van der Waals surface area contributed by atoms with Crippen molar-refractivity contribution in [2.24, 2.45) is 5.41 Å². The molecule has 1 atom stereocenters. The van der Waals surface area contributed by atoms with Gasteiger partial charge in [0.05, 0.1) is 17.6 Å². The molecule has 102 valence electrons. The lowest BCUT2D eigenvalue weighted by Gasteiger charge is -2.39. The summed E-state index contributed by atoms with van der Waals surface area (Å²) in [4.78, 5) is 0. The average Bonchev–Trinajstić information content (AvgIpc) is 2.27. The summed E-state index contributed by atoms with van der Waals surface area (Å²) in [6.07, 6.45) is -3.63. The molecule has 1 unspecified atom stereocenters. The van der Waals surface area contributed by atoms with Crippen molar-refractivity contribution < 1.29 is 23.0 Å². The standard InChI is InChI=1S/C13H12F3NO2/c14-13(15,16)19-10-4-2-9(3-5-10)11(18)12(8-17)6-1-7-12/h2-5,11,18H,1,6-7H2. The number of halogens is 3. The first-order chi connectivity index (χ1) is 8.86. The molecular formula is C13H12F3NO2. The van der Waals surface area contributed by atoms with Crippen molar-refractivity contribution in [2.45, 2.75) is 31.7 Å². The van der Waals surface area contributed by atoms with E-state index < -0.39 is 17.9 Å². The maximum Gasteiger partial charge on any atom is 0.573 e. The molecule has 0 aromatic heterocycles. The van der Waals surface area contributed by atoms with Crippen LogP contribution < -0.4 is 4.74 Å². The number of nitriles is 1. The van der Waals surface area contributed by atoms with Crippen LogP contribution in [0.5, 0.6) is 5.75 Å². The normalized spacial score (nSPS) is 19.1. The monoisotopic (exact) mass is 271 g/mol. The molecule has 0 spiro atoms. The Hall–Kier alpha value is -1.74. The molecule has 1 aromatic carbocycles. The Morgan fingerprint density at radius 3 is 2.21 bits per heavy atom. The highest BCUT2D eigenvalue weighted by Crippen LogP contribution is 2.49. The van der Waals surface area contributed by atoms with Crippen LogP contribution in [0.4, 0.5) is 13.2 Å². The fourth-order valence-corrected chi connectivity index (χ4v) is 2.17. The van der Waals surface area contributed by atoms with Crippen molar-refractivity contribution in [3.8, 4) is 11.8 Å². The number of aliphatic hydroxyl groups excluding tert-OH is 1. The molecule has 1 N–H and O–H groups in total. The van der Waals surface area contributed by atoms with Crippen LogP contribution in [-0.4, -0.2) is 11.5 Å². The number of hydrogen-bond donors (Lipinski definition) is 1. The second-order valence-corrected chi connectivity index (χ2v) is 4.64. The third kappa shape index (κ3) is 2.82. The molecule has 19 heavy (non-hydrogen) atoms. The largest absolute Gasteiger partial charge is 0.573 e. The van der Waals surface area contributed by atoms with Gasteiger partial charge in [-0.2, -0.15) is 5.26 Å². The SMILES string of the molecule is N#CC1(C(O)c2ccc(OC(F)(F)F)cc2)CCC1. The topological polar surface area (TPSA) is 53.2 Å². The molecule has 0 radical (unpaired) electrons. The van der Waals surface area contributed by atoms with Crippen molar-refractivity contribution in [2.75, 3.05) is 0 Å². The number of alkyl halides is 3. The van der Waals surface area contributed by atoms with Crippen LogP contribution in [0.25, 0.3) is 0 Å². The van der Waals surface area contributed by atoms with Gasteiger partial charge in [-0.3, -0.25) is 0 Å². The number of ether oxygens (including phenoxy) is 1. The molecule has 3 nitrogen and oxygen atoms in total. The Kier molecular flexibility index (Phi) is 3.42.